The SMILES string of the molecule is CCC(=O)c1ccc(F)c(C2CC2NC(=O)Nc2ccc(C#N)cn2)c1OCOC(=O)CCC(=O)O. The number of ketones is 1. The minimum absolute atomic E-state index is 0.0673. The molecule has 12 heteroatoms. The summed E-state index contributed by atoms with van der Waals surface area (Å²) in [7, 11) is 0. The maximum Gasteiger partial charge on any atom is 0.320 e. The Bertz CT molecular complexity index is 1210. The second-order valence-electron chi connectivity index (χ2n) is 7.88. The van der Waals surface area contributed by atoms with Crippen LogP contribution in [-0.2, 0) is 14.3 Å². The normalized spacial score (nSPS) is 15.8. The van der Waals surface area contributed by atoms with E-state index in [1.165, 1.54) is 24.4 Å². The van der Waals surface area contributed by atoms with Crippen molar-refractivity contribution < 1.29 is 38.1 Å². The number of carboxylic acid groups (broad SMARTS) is 1. The molecule has 0 aliphatic heterocycles. The van der Waals surface area contributed by atoms with Crippen molar-refractivity contribution in [3.05, 3.63) is 53.0 Å². The number of nitrogens with zero attached hydrogens (tertiary/aromatic N) is 2. The number of ether oxygens (including phenoxy) is 2. The molecule has 0 saturated heterocycles. The minimum Gasteiger partial charge on any atom is -0.481 e. The third-order valence-electron chi connectivity index (χ3n) is 5.34. The molecule has 1 aliphatic rings. The zero-order valence-electron chi connectivity index (χ0n) is 19.2. The van der Waals surface area contributed by atoms with Gasteiger partial charge in [-0.15, -0.1) is 0 Å². The van der Waals surface area contributed by atoms with Gasteiger partial charge in [0.1, 0.15) is 23.5 Å². The Labute approximate surface area is 205 Å². The third-order valence-corrected chi connectivity index (χ3v) is 5.34. The Morgan fingerprint density at radius 2 is 2.00 bits per heavy atom. The molecule has 1 saturated carbocycles. The van der Waals surface area contributed by atoms with Gasteiger partial charge >= 0.3 is 18.0 Å². The van der Waals surface area contributed by atoms with Crippen LogP contribution in [0.1, 0.15) is 60.0 Å². The fourth-order valence-corrected chi connectivity index (χ4v) is 3.45. The van der Waals surface area contributed by atoms with Crippen LogP contribution in [0.3, 0.4) is 0 Å². The predicted molar refractivity (Wildman–Crippen MR) is 122 cm³/mol. The number of pyridine rings is 1. The molecule has 1 aromatic heterocycles. The summed E-state index contributed by atoms with van der Waals surface area (Å²) < 4.78 is 25.3. The molecule has 0 spiro atoms. The summed E-state index contributed by atoms with van der Waals surface area (Å²) >= 11 is 0. The predicted octanol–water partition coefficient (Wildman–Crippen LogP) is 3.11. The smallest absolute Gasteiger partial charge is 0.320 e. The number of halogens is 1. The number of aromatic nitrogens is 1. The van der Waals surface area contributed by atoms with Gasteiger partial charge in [0.15, 0.2) is 5.78 Å². The van der Waals surface area contributed by atoms with Gasteiger partial charge in [0.2, 0.25) is 6.79 Å². The molecular formula is C24H23FN4O7. The van der Waals surface area contributed by atoms with E-state index in [0.29, 0.717) is 12.0 Å². The van der Waals surface area contributed by atoms with Gasteiger partial charge in [-0.1, -0.05) is 6.92 Å². The van der Waals surface area contributed by atoms with E-state index in [0.717, 1.165) is 6.07 Å². The molecule has 36 heavy (non-hydrogen) atoms. The number of carbonyl (C=O) groups excluding carboxylic acids is 3. The van der Waals surface area contributed by atoms with Crippen LogP contribution in [0.4, 0.5) is 15.0 Å². The quantitative estimate of drug-likeness (QED) is 0.239. The Morgan fingerprint density at radius 3 is 2.64 bits per heavy atom. The van der Waals surface area contributed by atoms with Gasteiger partial charge in [0.05, 0.1) is 24.0 Å². The molecule has 1 fully saturated rings. The Hall–Kier alpha value is -4.53. The highest BCUT2D eigenvalue weighted by molar-refractivity contribution is 5.99. The fourth-order valence-electron chi connectivity index (χ4n) is 3.45. The molecule has 2 amide bonds. The summed E-state index contributed by atoms with van der Waals surface area (Å²) in [6.07, 6.45) is 1.00. The number of nitriles is 1. The van der Waals surface area contributed by atoms with E-state index in [1.54, 1.807) is 6.92 Å². The van der Waals surface area contributed by atoms with E-state index in [9.17, 15) is 23.6 Å². The molecule has 0 radical (unpaired) electrons. The summed E-state index contributed by atoms with van der Waals surface area (Å²) in [5.74, 6) is -3.33. The number of amides is 2. The number of carboxylic acids is 1. The van der Waals surface area contributed by atoms with Crippen LogP contribution in [0.5, 0.6) is 5.75 Å². The molecule has 1 aliphatic carbocycles. The second-order valence-corrected chi connectivity index (χ2v) is 7.88. The van der Waals surface area contributed by atoms with E-state index >= 15 is 0 Å². The van der Waals surface area contributed by atoms with Crippen LogP contribution >= 0.6 is 0 Å². The van der Waals surface area contributed by atoms with Crippen LogP contribution in [0, 0.1) is 17.1 Å². The van der Waals surface area contributed by atoms with Crippen molar-refractivity contribution in [2.45, 2.75) is 44.6 Å². The summed E-state index contributed by atoms with van der Waals surface area (Å²) in [6.45, 7) is 0.985. The highest BCUT2D eigenvalue weighted by atomic mass is 19.1. The first-order chi connectivity index (χ1) is 17.2. The van der Waals surface area contributed by atoms with Gasteiger partial charge in [-0.2, -0.15) is 5.26 Å². The zero-order valence-corrected chi connectivity index (χ0v) is 19.2. The van der Waals surface area contributed by atoms with Crippen molar-refractivity contribution in [2.24, 2.45) is 0 Å². The summed E-state index contributed by atoms with van der Waals surface area (Å²) in [6, 6.07) is 6.24. The van der Waals surface area contributed by atoms with E-state index in [1.807, 2.05) is 6.07 Å². The Morgan fingerprint density at radius 1 is 1.22 bits per heavy atom. The van der Waals surface area contributed by atoms with Gasteiger partial charge in [-0.25, -0.2) is 14.2 Å². The maximum absolute atomic E-state index is 14.9. The number of rotatable bonds is 11. The van der Waals surface area contributed by atoms with Crippen LogP contribution in [0.15, 0.2) is 30.5 Å². The van der Waals surface area contributed by atoms with Crippen LogP contribution in [0.25, 0.3) is 0 Å². The Balaban J connectivity index is 1.70. The highest BCUT2D eigenvalue weighted by Crippen LogP contribution is 2.47. The number of benzene rings is 1. The number of esters is 1. The van der Waals surface area contributed by atoms with Gasteiger partial charge < -0.3 is 19.9 Å². The van der Waals surface area contributed by atoms with Crippen molar-refractivity contribution in [2.75, 3.05) is 12.1 Å². The molecule has 2 aromatic rings. The maximum atomic E-state index is 14.9. The van der Waals surface area contributed by atoms with Crippen LogP contribution in [0.2, 0.25) is 0 Å². The average molecular weight is 498 g/mol. The number of urea groups is 1. The number of hydrogen-bond acceptors (Lipinski definition) is 8. The molecule has 188 valence electrons. The fraction of sp³-hybridized carbons (Fsp3) is 0.333. The van der Waals surface area contributed by atoms with Crippen molar-refractivity contribution in [1.29, 1.82) is 5.26 Å². The standard InChI is InChI=1S/C24H23FN4O7/c1-2-18(30)14-4-5-16(25)22(23(14)36-12-35-21(33)8-7-20(31)32)15-9-17(15)28-24(34)29-19-6-3-13(10-26)11-27-19/h3-6,11,15,17H,2,7-9,12H2,1H3,(H,31,32)(H2,27,28,29,34). The monoisotopic (exact) mass is 498 g/mol. The molecule has 11 nitrogen and oxygen atoms in total. The third kappa shape index (κ3) is 6.75. The first-order valence-corrected chi connectivity index (χ1v) is 11.0. The lowest BCUT2D eigenvalue weighted by Gasteiger charge is -2.16. The highest BCUT2D eigenvalue weighted by Gasteiger charge is 2.44. The number of anilines is 1. The minimum atomic E-state index is -1.16. The zero-order chi connectivity index (χ0) is 26.2. The van der Waals surface area contributed by atoms with E-state index in [2.05, 4.69) is 15.6 Å². The molecule has 2 atom stereocenters. The number of Topliss-reactive ketones (excluding diaryl/α,β-unsaturated/α-hetero) is 1. The van der Waals surface area contributed by atoms with Gasteiger partial charge in [0, 0.05) is 30.1 Å². The molecular weight excluding hydrogens is 475 g/mol. The molecule has 2 unspecified atom stereocenters. The van der Waals surface area contributed by atoms with Crippen molar-refractivity contribution in [3.8, 4) is 11.8 Å². The summed E-state index contributed by atoms with van der Waals surface area (Å²) in [4.78, 5) is 51.0. The van der Waals surface area contributed by atoms with Crippen LogP contribution in [-0.4, -0.2) is 46.7 Å². The van der Waals surface area contributed by atoms with E-state index < -0.39 is 49.0 Å². The van der Waals surface area contributed by atoms with Crippen LogP contribution < -0.4 is 15.4 Å². The molecule has 0 bridgehead atoms. The van der Waals surface area contributed by atoms with Gasteiger partial charge in [0.25, 0.3) is 0 Å². The second kappa shape index (κ2) is 11.7. The number of hydrogen-bond donors (Lipinski definition) is 3. The van der Waals surface area contributed by atoms with E-state index in [-0.39, 0.29) is 41.3 Å². The number of aliphatic carboxylic acids is 1. The lowest BCUT2D eigenvalue weighted by atomic mass is 10.00. The van der Waals surface area contributed by atoms with Crippen molar-refractivity contribution in [1.82, 2.24) is 10.3 Å². The molecule has 3 N–H and O–H groups in total. The first-order valence-electron chi connectivity index (χ1n) is 11.0. The largest absolute Gasteiger partial charge is 0.481 e. The molecule has 3 rings (SSSR count). The van der Waals surface area contributed by atoms with Crippen molar-refractivity contribution in [3.63, 3.8) is 0 Å². The molecule has 1 aromatic carbocycles. The average Bonchev–Trinajstić information content (AvgIpc) is 3.60. The molecule has 1 heterocycles. The first kappa shape index (κ1) is 26.1. The summed E-state index contributed by atoms with van der Waals surface area (Å²) in [5.41, 5.74) is 0.505. The Kier molecular flexibility index (Phi) is 8.51. The van der Waals surface area contributed by atoms with Gasteiger partial charge in [-0.3, -0.25) is 19.7 Å². The summed E-state index contributed by atoms with van der Waals surface area (Å²) in [5, 5.41) is 22.7. The van der Waals surface area contributed by atoms with Gasteiger partial charge in [-0.05, 0) is 30.7 Å². The van der Waals surface area contributed by atoms with E-state index in [4.69, 9.17) is 19.8 Å². The lowest BCUT2D eigenvalue weighted by Crippen LogP contribution is -2.31. The van der Waals surface area contributed by atoms with Crippen molar-refractivity contribution >= 4 is 29.6 Å². The number of nitrogens with one attached hydrogen (secondary N) is 2. The number of carbonyl (C=O) groups is 4. The lowest BCUT2D eigenvalue weighted by molar-refractivity contribution is -0.153. The topological polar surface area (TPSA) is 168 Å².